The molecule has 0 spiro atoms. The average Bonchev–Trinajstić information content (AvgIpc) is 1.58. The normalized spacial score (nSPS) is 11.1. The lowest BCUT2D eigenvalue weighted by molar-refractivity contribution is 0.304. The number of ether oxygens (including phenoxy) is 9. The van der Waals surface area contributed by atoms with Crippen molar-refractivity contribution in [1.29, 1.82) is 0 Å². The first-order valence-electron chi connectivity index (χ1n) is 44.3. The van der Waals surface area contributed by atoms with Crippen LogP contribution in [0.2, 0.25) is 0 Å². The van der Waals surface area contributed by atoms with Crippen LogP contribution in [0, 0.1) is 30.9 Å². The van der Waals surface area contributed by atoms with Crippen molar-refractivity contribution in [1.82, 2.24) is 89.0 Å². The average molecular weight is 1870 g/mol. The quantitative estimate of drug-likeness (QED) is 0.0383. The minimum absolute atomic E-state index is 0.0780. The number of anilines is 8. The maximum absolute atomic E-state index is 15.1. The van der Waals surface area contributed by atoms with E-state index in [1.54, 1.807) is 150 Å². The van der Waals surface area contributed by atoms with Gasteiger partial charge in [0.25, 0.3) is 0 Å². The van der Waals surface area contributed by atoms with Gasteiger partial charge in [0, 0.05) is 213 Å². The number of nitrogens with zero attached hydrogens (tertiary/aromatic N) is 22. The molecule has 32 nitrogen and oxygen atoms in total. The van der Waals surface area contributed by atoms with Gasteiger partial charge in [0.05, 0.1) is 193 Å². The third-order valence-corrected chi connectivity index (χ3v) is 22.9. The summed E-state index contributed by atoms with van der Waals surface area (Å²) in [6, 6.07) is 49.9. The molecule has 10 aromatic heterocycles. The van der Waals surface area contributed by atoms with Crippen LogP contribution in [0.5, 0.6) is 51.7 Å². The largest absolute Gasteiger partial charge is 0.497 e. The molecule has 0 saturated heterocycles. The van der Waals surface area contributed by atoms with Crippen molar-refractivity contribution in [3.8, 4) is 109 Å². The molecule has 0 unspecified atom stereocenters. The second kappa shape index (κ2) is 44.0. The van der Waals surface area contributed by atoms with E-state index in [0.29, 0.717) is 33.9 Å². The highest BCUT2D eigenvalue weighted by molar-refractivity contribution is 5.88. The number of halogens is 2. The maximum atomic E-state index is 15.1. The predicted molar refractivity (Wildman–Crippen MR) is 535 cm³/mol. The van der Waals surface area contributed by atoms with Gasteiger partial charge >= 0.3 is 0 Å². The SMILES string of the molecule is C#CC(C)(C)N(c1cc(OC)cc(OC)c1)c1ccc2ncc(-c3cnn(C)c3)nc2c1.COc1cc(OC)c(F)c(N(CCO)c2ccc3ncc(-c4cnn(C)c4)nc3c2)c1F.COc1cc(OC)cc(N(CCCc2cc(C)ccn2)c2ccc3ncc(-c4cnn(C)c4)nc3c2)c1.COc1cc(OC)cc(N(CCCc2ncccc2OC)c2ccc3ncc(-c4cnn(C)c4)nc3c2)c1. The first-order chi connectivity index (χ1) is 67.4. The predicted octanol–water partition coefficient (Wildman–Crippen LogP) is 18.8. The minimum atomic E-state index is -0.908. The van der Waals surface area contributed by atoms with Gasteiger partial charge in [-0.2, -0.15) is 20.4 Å². The molecule has 18 rings (SSSR count). The van der Waals surface area contributed by atoms with Gasteiger partial charge in [-0.15, -0.1) is 6.42 Å². The number of hydrogen-bond acceptors (Lipinski definition) is 28. The van der Waals surface area contributed by atoms with Crippen LogP contribution in [0.1, 0.15) is 43.6 Å². The number of aliphatic hydroxyl groups is 1. The Balaban J connectivity index is 0.000000141. The fourth-order valence-electron chi connectivity index (χ4n) is 15.8. The van der Waals surface area contributed by atoms with E-state index in [2.05, 4.69) is 113 Å². The van der Waals surface area contributed by atoms with Crippen LogP contribution < -0.4 is 62.2 Å². The van der Waals surface area contributed by atoms with Gasteiger partial charge in [-0.1, -0.05) is 5.92 Å². The molecule has 8 aromatic carbocycles. The molecule has 0 saturated carbocycles. The molecule has 0 radical (unpaired) electrons. The van der Waals surface area contributed by atoms with Crippen LogP contribution >= 0.6 is 0 Å². The summed E-state index contributed by atoms with van der Waals surface area (Å²) in [6.45, 7) is 7.13. The molecule has 0 aliphatic rings. The van der Waals surface area contributed by atoms with E-state index in [0.717, 1.165) is 192 Å². The molecule has 0 aliphatic heterocycles. The number of pyridine rings is 2. The number of methoxy groups -OCH3 is 9. The Kier molecular flexibility index (Phi) is 30.6. The number of aromatic nitrogens is 18. The Bertz CT molecular complexity index is 7320. The zero-order valence-electron chi connectivity index (χ0n) is 80.0. The van der Waals surface area contributed by atoms with Crippen molar-refractivity contribution in [2.45, 2.75) is 52.0 Å². The molecule has 139 heavy (non-hydrogen) atoms. The number of aliphatic hydroxyl groups excluding tert-OH is 1. The van der Waals surface area contributed by atoms with E-state index in [-0.39, 0.29) is 24.7 Å². The highest BCUT2D eigenvalue weighted by Gasteiger charge is 2.30. The smallest absolute Gasteiger partial charge is 0.191 e. The van der Waals surface area contributed by atoms with E-state index in [9.17, 15) is 5.11 Å². The molecule has 18 aromatic rings. The molecular weight excluding hydrogens is 1770 g/mol. The molecule has 1 N–H and O–H groups in total. The van der Waals surface area contributed by atoms with E-state index in [4.69, 9.17) is 64.0 Å². The number of benzene rings is 8. The highest BCUT2D eigenvalue weighted by Crippen LogP contribution is 2.44. The third kappa shape index (κ3) is 22.8. The van der Waals surface area contributed by atoms with Gasteiger partial charge in [0.1, 0.15) is 51.5 Å². The Morgan fingerprint density at radius 3 is 1.06 bits per heavy atom. The van der Waals surface area contributed by atoms with Crippen molar-refractivity contribution in [3.05, 3.63) is 273 Å². The van der Waals surface area contributed by atoms with Crippen LogP contribution in [0.25, 0.3) is 89.2 Å². The van der Waals surface area contributed by atoms with Gasteiger partial charge in [0.15, 0.2) is 23.1 Å². The summed E-state index contributed by atoms with van der Waals surface area (Å²) in [7, 11) is 21.6. The fourth-order valence-corrected chi connectivity index (χ4v) is 15.8. The molecule has 0 atom stereocenters. The number of fused-ring (bicyclic) bond motifs is 4. The zero-order chi connectivity index (χ0) is 98.0. The Hall–Kier alpha value is -17.0. The van der Waals surface area contributed by atoms with Crippen molar-refractivity contribution < 1.29 is 56.5 Å². The number of terminal acetylenes is 1. The van der Waals surface area contributed by atoms with Crippen molar-refractivity contribution in [2.75, 3.05) is 110 Å². The summed E-state index contributed by atoms with van der Waals surface area (Å²) in [5, 5.41) is 26.5. The van der Waals surface area contributed by atoms with Gasteiger partial charge in [-0.3, -0.25) is 48.6 Å². The molecule has 0 bridgehead atoms. The number of hydrogen-bond donors (Lipinski definition) is 1. The molecule has 0 amide bonds. The summed E-state index contributed by atoms with van der Waals surface area (Å²) in [5.74, 6) is 5.78. The van der Waals surface area contributed by atoms with Gasteiger partial charge in [-0.05, 0) is 149 Å². The van der Waals surface area contributed by atoms with Crippen molar-refractivity contribution in [2.24, 2.45) is 28.2 Å². The van der Waals surface area contributed by atoms with Gasteiger partial charge < -0.3 is 67.3 Å². The lowest BCUT2D eigenvalue weighted by Gasteiger charge is -2.37. The summed E-state index contributed by atoms with van der Waals surface area (Å²) in [5.41, 5.74) is 20.7. The molecule has 10 heterocycles. The summed E-state index contributed by atoms with van der Waals surface area (Å²) >= 11 is 0. The second-order valence-corrected chi connectivity index (χ2v) is 32.7. The number of aryl methyl sites for hydroxylation is 7. The topological polar surface area (TPSA) is 316 Å². The van der Waals surface area contributed by atoms with E-state index < -0.39 is 22.9 Å². The second-order valence-electron chi connectivity index (χ2n) is 32.7. The van der Waals surface area contributed by atoms with E-state index >= 15 is 8.78 Å². The molecular formula is C105H106F2N22O10. The summed E-state index contributed by atoms with van der Waals surface area (Å²) < 4.78 is 86.0. The van der Waals surface area contributed by atoms with Crippen molar-refractivity contribution in [3.63, 3.8) is 0 Å². The first-order valence-corrected chi connectivity index (χ1v) is 44.3. The number of rotatable bonds is 32. The molecule has 34 heteroatoms. The lowest BCUT2D eigenvalue weighted by Crippen LogP contribution is -2.39. The van der Waals surface area contributed by atoms with Crippen LogP contribution in [0.4, 0.5) is 54.3 Å². The Labute approximate surface area is 803 Å². The van der Waals surface area contributed by atoms with Crippen LogP contribution in [0.3, 0.4) is 0 Å². The standard InChI is InChI=1S/C29H30N6O3.C29H30N6O2.C25H25N5O2.C22H21F2N5O3/c1-34-19-20(17-32-34)28-18-31-25-10-9-21(15-27(25)33-28)35(22-13-23(36-2)16-24(14-22)37-3)12-6-7-26-29(38-4)8-5-11-30-26;1-20-9-10-30-22(12-20)6-5-11-35(24-13-25(36-3)16-26(14-24)37-4)23-7-8-27-28(15-23)33-29(18-31-27)21-17-32-34(2)19-21;1-7-25(2,3)30(19-10-20(31-5)13-21(11-19)32-6)18-8-9-22-23(12-18)28-24(15-26-22)17-14-27-29(4)16-17;1-28-12-13(10-26-28)17-11-25-15-5-4-14(8-16(15)27-17)29(6-7-30)22-20(23)18(31-2)9-19(32-3)21(22)24/h5,8-11,13-19H,6-7,12H2,1-4H3;7-10,12-19H,5-6,11H2,1-4H3;1,8-16H,2-6H3;4-5,8-12,30H,6-7H2,1-3H3. The van der Waals surface area contributed by atoms with E-state index in [1.165, 1.54) is 24.7 Å². The first kappa shape index (κ1) is 96.6. The Morgan fingerprint density at radius 2 is 0.719 bits per heavy atom. The molecule has 0 fully saturated rings. The van der Waals surface area contributed by atoms with Crippen LogP contribution in [0.15, 0.2) is 244 Å². The summed E-state index contributed by atoms with van der Waals surface area (Å²) in [4.78, 5) is 54.4. The maximum Gasteiger partial charge on any atom is 0.191 e. The van der Waals surface area contributed by atoms with Crippen LogP contribution in [-0.2, 0) is 41.0 Å². The van der Waals surface area contributed by atoms with Crippen molar-refractivity contribution >= 4 is 89.6 Å². The van der Waals surface area contributed by atoms with Crippen LogP contribution in [-0.4, -0.2) is 190 Å². The van der Waals surface area contributed by atoms with Gasteiger partial charge in [-0.25, -0.2) is 28.7 Å². The molecule has 0 aliphatic carbocycles. The summed E-state index contributed by atoms with van der Waals surface area (Å²) in [6.07, 6.45) is 34.6. The minimum Gasteiger partial charge on any atom is -0.497 e. The Morgan fingerprint density at radius 1 is 0.360 bits per heavy atom. The highest BCUT2D eigenvalue weighted by atomic mass is 19.1. The fraction of sp³-hybridized carbons (Fsp3) is 0.238. The monoisotopic (exact) mass is 1870 g/mol. The lowest BCUT2D eigenvalue weighted by atomic mass is 10.0. The molecule has 710 valence electrons. The zero-order valence-corrected chi connectivity index (χ0v) is 80.0. The van der Waals surface area contributed by atoms with E-state index in [1.807, 2.05) is 169 Å². The van der Waals surface area contributed by atoms with Gasteiger partial charge in [0.2, 0.25) is 0 Å². The third-order valence-electron chi connectivity index (χ3n) is 22.9.